The van der Waals surface area contributed by atoms with Gasteiger partial charge in [-0.15, -0.1) is 0 Å². The Kier molecular flexibility index (Phi) is 479. The average Bonchev–Trinajstić information content (AvgIpc) is 2.47. The van der Waals surface area contributed by atoms with Crippen LogP contribution in [0.1, 0.15) is 81.1 Å². The number of hydrogen-bond acceptors (Lipinski definition) is 0. The third kappa shape index (κ3) is 509. The molecule has 0 aliphatic heterocycles. The summed E-state index contributed by atoms with van der Waals surface area (Å²) in [4.78, 5) is 0. The zero-order chi connectivity index (χ0) is 14.8. The molecule has 1 heteroatoms. The summed E-state index contributed by atoms with van der Waals surface area (Å²) in [6.07, 6.45) is 3.83. The summed E-state index contributed by atoms with van der Waals surface area (Å²) in [5, 5.41) is 0. The van der Waals surface area contributed by atoms with E-state index in [-0.39, 0.29) is 20.1 Å². The molecule has 0 aromatic carbocycles. The van der Waals surface area contributed by atoms with Gasteiger partial charge in [-0.05, 0) is 0 Å². The fourth-order valence-electron chi connectivity index (χ4n) is 0. The summed E-state index contributed by atoms with van der Waals surface area (Å²) in [6, 6.07) is 0. The van der Waals surface area contributed by atoms with Crippen molar-refractivity contribution in [2.24, 2.45) is 0 Å². The van der Waals surface area contributed by atoms with Crippen LogP contribution >= 0.6 is 0 Å². The van der Waals surface area contributed by atoms with Gasteiger partial charge in [-0.3, -0.25) is 0 Å². The standard InChI is InChI=1S/2C4H8.4C2H6.Ir/c2*1-3-4-2;4*1-2;/h2*1-4H2;4*1-2H3;/q2*-2;;;;;. The maximum Gasteiger partial charge on any atom is 0 e. The Morgan fingerprint density at radius 1 is 0.412 bits per heavy atom. The van der Waals surface area contributed by atoms with E-state index in [0.717, 1.165) is 25.7 Å². The normalized spacial score (nSPS) is 4.94. The summed E-state index contributed by atoms with van der Waals surface area (Å²) >= 11 is 0. The summed E-state index contributed by atoms with van der Waals surface area (Å²) in [5.41, 5.74) is 0. The van der Waals surface area contributed by atoms with Crippen LogP contribution in [-0.2, 0) is 20.1 Å². The molecule has 117 valence electrons. The van der Waals surface area contributed by atoms with Crippen LogP contribution in [0.5, 0.6) is 0 Å². The molecule has 0 nitrogen and oxygen atoms in total. The number of hydrogen-bond donors (Lipinski definition) is 0. The van der Waals surface area contributed by atoms with Gasteiger partial charge in [0.15, 0.2) is 0 Å². The Bertz CT molecular complexity index is 13.5. The third-order valence-corrected chi connectivity index (χ3v) is 0.500. The van der Waals surface area contributed by atoms with Crippen molar-refractivity contribution in [1.82, 2.24) is 0 Å². The zero-order valence-corrected chi connectivity index (χ0v) is 16.4. The minimum Gasteiger partial charge on any atom is -0.346 e. The van der Waals surface area contributed by atoms with Crippen molar-refractivity contribution in [3.63, 3.8) is 0 Å². The first-order valence-corrected chi connectivity index (χ1v) is 7.00. The Labute approximate surface area is 129 Å². The smallest absolute Gasteiger partial charge is 0 e. The summed E-state index contributed by atoms with van der Waals surface area (Å²) < 4.78 is 0. The van der Waals surface area contributed by atoms with Gasteiger partial charge in [0, 0.05) is 20.1 Å². The van der Waals surface area contributed by atoms with Crippen LogP contribution in [0.3, 0.4) is 0 Å². The maximum atomic E-state index is 3.54. The van der Waals surface area contributed by atoms with Crippen LogP contribution in [0.15, 0.2) is 0 Å². The van der Waals surface area contributed by atoms with Gasteiger partial charge in [-0.2, -0.15) is 0 Å². The SMILES string of the molecule is CC.CC.CC.CC.[CH2-]CC[CH2-].[CH2-]CC[CH2-].[Ir]. The molecule has 0 heterocycles. The second-order valence-corrected chi connectivity index (χ2v) is 1.41. The summed E-state index contributed by atoms with van der Waals surface area (Å²) in [5.74, 6) is 0. The molecule has 0 spiro atoms. The van der Waals surface area contributed by atoms with Crippen LogP contribution in [0, 0.1) is 27.7 Å². The Hall–Kier alpha value is 0.649. The van der Waals surface area contributed by atoms with Gasteiger partial charge in [-0.25, -0.2) is 25.7 Å². The van der Waals surface area contributed by atoms with Crippen LogP contribution in [-0.4, -0.2) is 0 Å². The molecule has 0 bridgehead atoms. The second-order valence-electron chi connectivity index (χ2n) is 1.41. The average molecular weight is 425 g/mol. The molecule has 0 aliphatic carbocycles. The van der Waals surface area contributed by atoms with Gasteiger partial charge in [-0.1, -0.05) is 55.4 Å². The van der Waals surface area contributed by atoms with E-state index in [1.165, 1.54) is 0 Å². The molecule has 17 heavy (non-hydrogen) atoms. The summed E-state index contributed by atoms with van der Waals surface area (Å²) in [7, 11) is 0. The van der Waals surface area contributed by atoms with E-state index in [9.17, 15) is 0 Å². The minimum atomic E-state index is 0. The van der Waals surface area contributed by atoms with Crippen molar-refractivity contribution in [1.29, 1.82) is 0 Å². The molecule has 0 aromatic heterocycles. The molecule has 0 saturated carbocycles. The molecule has 0 rings (SSSR count). The number of unbranched alkanes of at least 4 members (excludes halogenated alkanes) is 2. The van der Waals surface area contributed by atoms with Crippen molar-refractivity contribution in [3.8, 4) is 0 Å². The first-order chi connectivity index (χ1) is 7.83. The van der Waals surface area contributed by atoms with Gasteiger partial charge in [0.25, 0.3) is 0 Å². The monoisotopic (exact) mass is 425 g/mol. The van der Waals surface area contributed by atoms with E-state index in [1.807, 2.05) is 55.4 Å². The first kappa shape index (κ1) is 43.1. The zero-order valence-electron chi connectivity index (χ0n) is 14.0. The molecule has 0 aromatic rings. The molecule has 0 amide bonds. The van der Waals surface area contributed by atoms with Crippen molar-refractivity contribution in [3.05, 3.63) is 27.7 Å². The van der Waals surface area contributed by atoms with Gasteiger partial charge < -0.3 is 27.7 Å². The molecule has 0 N–H and O–H groups in total. The van der Waals surface area contributed by atoms with E-state index in [1.54, 1.807) is 0 Å². The van der Waals surface area contributed by atoms with Crippen molar-refractivity contribution in [2.45, 2.75) is 81.1 Å². The van der Waals surface area contributed by atoms with E-state index in [0.29, 0.717) is 0 Å². The Morgan fingerprint density at radius 2 is 0.471 bits per heavy atom. The van der Waals surface area contributed by atoms with E-state index < -0.39 is 0 Å². The molecule has 0 unspecified atom stereocenters. The molecule has 0 saturated heterocycles. The second kappa shape index (κ2) is 189. The van der Waals surface area contributed by atoms with Crippen molar-refractivity contribution < 1.29 is 20.1 Å². The topological polar surface area (TPSA) is 0 Å². The molecule has 0 aliphatic rings. The number of rotatable bonds is 2. The predicted molar refractivity (Wildman–Crippen MR) is 85.3 cm³/mol. The quantitative estimate of drug-likeness (QED) is 0.420. The van der Waals surface area contributed by atoms with Crippen LogP contribution in [0.25, 0.3) is 0 Å². The van der Waals surface area contributed by atoms with Gasteiger partial charge in [0.2, 0.25) is 0 Å². The van der Waals surface area contributed by atoms with E-state index >= 15 is 0 Å². The van der Waals surface area contributed by atoms with Crippen LogP contribution < -0.4 is 0 Å². The van der Waals surface area contributed by atoms with Crippen LogP contribution in [0.2, 0.25) is 0 Å². The van der Waals surface area contributed by atoms with E-state index in [4.69, 9.17) is 0 Å². The van der Waals surface area contributed by atoms with E-state index in [2.05, 4.69) is 27.7 Å². The molecule has 0 atom stereocenters. The molecule has 1 radical (unpaired) electrons. The van der Waals surface area contributed by atoms with Gasteiger partial charge in [0.05, 0.1) is 0 Å². The Morgan fingerprint density at radius 3 is 0.471 bits per heavy atom. The van der Waals surface area contributed by atoms with Crippen molar-refractivity contribution in [2.75, 3.05) is 0 Å². The van der Waals surface area contributed by atoms with Crippen LogP contribution in [0.4, 0.5) is 0 Å². The van der Waals surface area contributed by atoms with Crippen molar-refractivity contribution >= 4 is 0 Å². The maximum absolute atomic E-state index is 3.54. The largest absolute Gasteiger partial charge is 0.346 e. The minimum absolute atomic E-state index is 0. The molecule has 0 fully saturated rings. The molecular formula is C16H40Ir-4. The fraction of sp³-hybridized carbons (Fsp3) is 0.750. The first-order valence-electron chi connectivity index (χ1n) is 7.00. The Balaban J connectivity index is -0.0000000146. The van der Waals surface area contributed by atoms with Gasteiger partial charge in [0.1, 0.15) is 0 Å². The molecular weight excluding hydrogens is 384 g/mol. The van der Waals surface area contributed by atoms with Gasteiger partial charge >= 0.3 is 0 Å². The summed E-state index contributed by atoms with van der Waals surface area (Å²) in [6.45, 7) is 30.2. The predicted octanol–water partition coefficient (Wildman–Crippen LogP) is 6.97. The fourth-order valence-corrected chi connectivity index (χ4v) is 0. The third-order valence-electron chi connectivity index (χ3n) is 0.500.